The highest BCUT2D eigenvalue weighted by atomic mass is 19.4. The molecule has 0 radical (unpaired) electrons. The van der Waals surface area contributed by atoms with Crippen LogP contribution in [0.15, 0.2) is 18.3 Å². The first kappa shape index (κ1) is 11.7. The summed E-state index contributed by atoms with van der Waals surface area (Å²) in [4.78, 5) is 3.94. The molecule has 0 saturated heterocycles. The molecular weight excluding hydrogens is 231 g/mol. The van der Waals surface area contributed by atoms with Crippen LogP contribution in [0.2, 0.25) is 0 Å². The van der Waals surface area contributed by atoms with Crippen molar-refractivity contribution in [1.82, 2.24) is 4.98 Å². The van der Waals surface area contributed by atoms with E-state index in [9.17, 15) is 13.2 Å². The molecule has 0 atom stereocenters. The Morgan fingerprint density at radius 1 is 1.35 bits per heavy atom. The lowest BCUT2D eigenvalue weighted by atomic mass is 9.80. The summed E-state index contributed by atoms with van der Waals surface area (Å²) in [6.07, 6.45) is -2.52. The van der Waals surface area contributed by atoms with Crippen molar-refractivity contribution in [3.8, 4) is 6.07 Å². The van der Waals surface area contributed by atoms with Gasteiger partial charge in [0, 0.05) is 12.2 Å². The van der Waals surface area contributed by atoms with Crippen molar-refractivity contribution in [2.24, 2.45) is 5.92 Å². The number of alkyl halides is 3. The van der Waals surface area contributed by atoms with Gasteiger partial charge in [-0.3, -0.25) is 0 Å². The number of rotatable bonds is 2. The molecule has 0 aliphatic heterocycles. The van der Waals surface area contributed by atoms with Crippen LogP contribution in [0.1, 0.15) is 18.4 Å². The first-order valence-corrected chi connectivity index (χ1v) is 5.18. The number of nitrogens with one attached hydrogen (secondary N) is 1. The van der Waals surface area contributed by atoms with Crippen LogP contribution in [-0.4, -0.2) is 17.2 Å². The Kier molecular flexibility index (Phi) is 2.92. The van der Waals surface area contributed by atoms with Gasteiger partial charge in [-0.2, -0.15) is 18.4 Å². The van der Waals surface area contributed by atoms with Gasteiger partial charge in [0.25, 0.3) is 0 Å². The van der Waals surface area contributed by atoms with E-state index in [2.05, 4.69) is 10.3 Å². The number of nitriles is 1. The summed E-state index contributed by atoms with van der Waals surface area (Å²) in [5.74, 6) is -0.687. The molecule has 0 spiro atoms. The number of nitrogens with zero attached hydrogens (tertiary/aromatic N) is 2. The predicted molar refractivity (Wildman–Crippen MR) is 55.1 cm³/mol. The fraction of sp³-hybridized carbons (Fsp3) is 0.455. The second-order valence-corrected chi connectivity index (χ2v) is 4.10. The summed E-state index contributed by atoms with van der Waals surface area (Å²) in [5, 5.41) is 11.5. The minimum Gasteiger partial charge on any atom is -0.367 e. The molecule has 1 aromatic rings. The zero-order chi connectivity index (χ0) is 12.5. The van der Waals surface area contributed by atoms with Gasteiger partial charge in [0.05, 0.1) is 11.5 Å². The lowest BCUT2D eigenvalue weighted by Crippen LogP contribution is -2.43. The van der Waals surface area contributed by atoms with Crippen LogP contribution in [-0.2, 0) is 0 Å². The van der Waals surface area contributed by atoms with E-state index in [1.165, 1.54) is 6.20 Å². The van der Waals surface area contributed by atoms with Gasteiger partial charge in [0.2, 0.25) is 0 Å². The molecule has 0 amide bonds. The second-order valence-electron chi connectivity index (χ2n) is 4.10. The van der Waals surface area contributed by atoms with E-state index in [-0.39, 0.29) is 18.9 Å². The largest absolute Gasteiger partial charge is 0.391 e. The van der Waals surface area contributed by atoms with E-state index in [0.29, 0.717) is 11.4 Å². The normalized spacial score (nSPS) is 23.6. The van der Waals surface area contributed by atoms with Gasteiger partial charge in [-0.1, -0.05) is 0 Å². The summed E-state index contributed by atoms with van der Waals surface area (Å²) in [6, 6.07) is 4.92. The Labute approximate surface area is 96.3 Å². The van der Waals surface area contributed by atoms with Crippen molar-refractivity contribution >= 4 is 5.82 Å². The minimum absolute atomic E-state index is 0.0885. The Hall–Kier alpha value is -1.77. The molecule has 1 saturated carbocycles. The average molecular weight is 241 g/mol. The van der Waals surface area contributed by atoms with Crippen molar-refractivity contribution in [3.63, 3.8) is 0 Å². The van der Waals surface area contributed by atoms with E-state index < -0.39 is 12.1 Å². The van der Waals surface area contributed by atoms with Crippen molar-refractivity contribution in [1.29, 1.82) is 5.26 Å². The molecule has 0 aromatic carbocycles. The van der Waals surface area contributed by atoms with Crippen LogP contribution in [0.4, 0.5) is 19.0 Å². The smallest absolute Gasteiger partial charge is 0.367 e. The molecule has 1 aromatic heterocycles. The zero-order valence-corrected chi connectivity index (χ0v) is 8.83. The lowest BCUT2D eigenvalue weighted by Gasteiger charge is -2.37. The number of hydrogen-bond acceptors (Lipinski definition) is 3. The summed E-state index contributed by atoms with van der Waals surface area (Å²) in [6.45, 7) is 0. The number of pyridine rings is 1. The zero-order valence-electron chi connectivity index (χ0n) is 8.83. The van der Waals surface area contributed by atoms with Crippen molar-refractivity contribution < 1.29 is 13.2 Å². The third-order valence-electron chi connectivity index (χ3n) is 2.85. The Morgan fingerprint density at radius 3 is 2.53 bits per heavy atom. The van der Waals surface area contributed by atoms with Gasteiger partial charge < -0.3 is 5.32 Å². The maximum Gasteiger partial charge on any atom is 0.391 e. The summed E-state index contributed by atoms with van der Waals surface area (Å²) in [5.41, 5.74) is 0.428. The molecule has 3 nitrogen and oxygen atoms in total. The maximum atomic E-state index is 12.2. The molecule has 1 aliphatic carbocycles. The molecule has 2 rings (SSSR count). The number of anilines is 1. The first-order chi connectivity index (χ1) is 7.99. The SMILES string of the molecule is N#Cc1ccc(NC2CC(C(F)(F)F)C2)nc1. The van der Waals surface area contributed by atoms with E-state index >= 15 is 0 Å². The number of aromatic nitrogens is 1. The van der Waals surface area contributed by atoms with Gasteiger partial charge in [-0.25, -0.2) is 4.98 Å². The van der Waals surface area contributed by atoms with Crippen LogP contribution in [0.25, 0.3) is 0 Å². The summed E-state index contributed by atoms with van der Waals surface area (Å²) < 4.78 is 36.7. The minimum atomic E-state index is -4.09. The van der Waals surface area contributed by atoms with Gasteiger partial charge in [-0.15, -0.1) is 0 Å². The highest BCUT2D eigenvalue weighted by Crippen LogP contribution is 2.41. The van der Waals surface area contributed by atoms with Crippen molar-refractivity contribution in [3.05, 3.63) is 23.9 Å². The van der Waals surface area contributed by atoms with E-state index in [1.54, 1.807) is 12.1 Å². The van der Waals surface area contributed by atoms with Gasteiger partial charge >= 0.3 is 6.18 Å². The van der Waals surface area contributed by atoms with Gasteiger partial charge in [0.15, 0.2) is 0 Å². The standard InChI is InChI=1S/C11H10F3N3/c12-11(13,14)8-3-9(4-8)17-10-2-1-7(5-15)6-16-10/h1-2,6,8-9H,3-4H2,(H,16,17). The third kappa shape index (κ3) is 2.67. The molecule has 1 aliphatic rings. The summed E-state index contributed by atoms with van der Waals surface area (Å²) >= 11 is 0. The fourth-order valence-electron chi connectivity index (χ4n) is 1.76. The number of hydrogen-bond donors (Lipinski definition) is 1. The molecule has 0 bridgehead atoms. The second kappa shape index (κ2) is 4.24. The molecule has 1 fully saturated rings. The van der Waals surface area contributed by atoms with Crippen LogP contribution >= 0.6 is 0 Å². The van der Waals surface area contributed by atoms with E-state index in [0.717, 1.165) is 0 Å². The van der Waals surface area contributed by atoms with Crippen LogP contribution in [0.3, 0.4) is 0 Å². The number of halogens is 3. The van der Waals surface area contributed by atoms with Gasteiger partial charge in [-0.05, 0) is 25.0 Å². The monoisotopic (exact) mass is 241 g/mol. The lowest BCUT2D eigenvalue weighted by molar-refractivity contribution is -0.195. The van der Waals surface area contributed by atoms with E-state index in [4.69, 9.17) is 5.26 Å². The third-order valence-corrected chi connectivity index (χ3v) is 2.85. The van der Waals surface area contributed by atoms with Crippen LogP contribution in [0, 0.1) is 17.2 Å². The summed E-state index contributed by atoms with van der Waals surface area (Å²) in [7, 11) is 0. The molecule has 1 N–H and O–H groups in total. The Bertz CT molecular complexity index is 427. The Morgan fingerprint density at radius 2 is 2.06 bits per heavy atom. The van der Waals surface area contributed by atoms with Crippen LogP contribution in [0.5, 0.6) is 0 Å². The van der Waals surface area contributed by atoms with Crippen molar-refractivity contribution in [2.45, 2.75) is 25.1 Å². The van der Waals surface area contributed by atoms with E-state index in [1.807, 2.05) is 6.07 Å². The quantitative estimate of drug-likeness (QED) is 0.866. The highest BCUT2D eigenvalue weighted by Gasteiger charge is 2.47. The molecule has 1 heterocycles. The van der Waals surface area contributed by atoms with Crippen LogP contribution < -0.4 is 5.32 Å². The molecule has 17 heavy (non-hydrogen) atoms. The average Bonchev–Trinajstić information content (AvgIpc) is 2.22. The fourth-order valence-corrected chi connectivity index (χ4v) is 1.76. The molecular formula is C11H10F3N3. The van der Waals surface area contributed by atoms with Crippen molar-refractivity contribution in [2.75, 3.05) is 5.32 Å². The first-order valence-electron chi connectivity index (χ1n) is 5.18. The highest BCUT2D eigenvalue weighted by molar-refractivity contribution is 5.40. The maximum absolute atomic E-state index is 12.2. The molecule has 0 unspecified atom stereocenters. The molecule has 90 valence electrons. The molecule has 6 heteroatoms. The van der Waals surface area contributed by atoms with Gasteiger partial charge in [0.1, 0.15) is 11.9 Å². The Balaban J connectivity index is 1.86. The topological polar surface area (TPSA) is 48.7 Å². The predicted octanol–water partition coefficient (Wildman–Crippen LogP) is 2.71.